The van der Waals surface area contributed by atoms with Crippen molar-refractivity contribution in [2.24, 2.45) is 0 Å². The van der Waals surface area contributed by atoms with Crippen molar-refractivity contribution in [3.05, 3.63) is 54.1 Å². The summed E-state index contributed by atoms with van der Waals surface area (Å²) in [6, 6.07) is 16.0. The molecule has 0 N–H and O–H groups in total. The van der Waals surface area contributed by atoms with Gasteiger partial charge >= 0.3 is 5.97 Å². The maximum absolute atomic E-state index is 11.6. The number of carbonyl (C=O) groups is 1. The predicted molar refractivity (Wildman–Crippen MR) is 110 cm³/mol. The lowest BCUT2D eigenvalue weighted by molar-refractivity contribution is -0.141. The van der Waals surface area contributed by atoms with Crippen molar-refractivity contribution in [3.63, 3.8) is 0 Å². The van der Waals surface area contributed by atoms with Crippen LogP contribution >= 0.6 is 0 Å². The Labute approximate surface area is 172 Å². The van der Waals surface area contributed by atoms with Crippen LogP contribution in [-0.4, -0.2) is 50.9 Å². The van der Waals surface area contributed by atoms with Crippen LogP contribution in [0.15, 0.2) is 48.5 Å². The summed E-state index contributed by atoms with van der Waals surface area (Å²) in [5.74, 6) is 2.17. The highest BCUT2D eigenvalue weighted by atomic mass is 16.5. The van der Waals surface area contributed by atoms with Crippen molar-refractivity contribution in [1.82, 2.24) is 4.90 Å². The number of carbonyl (C=O) groups excluding carboxylic acids is 1. The molecule has 0 bridgehead atoms. The third kappa shape index (κ3) is 6.48. The molecule has 6 nitrogen and oxygen atoms in total. The molecule has 1 saturated heterocycles. The Bertz CT molecular complexity index is 754. The zero-order valence-electron chi connectivity index (χ0n) is 17.1. The Kier molecular flexibility index (Phi) is 7.90. The van der Waals surface area contributed by atoms with Crippen LogP contribution in [0, 0.1) is 0 Å². The predicted octanol–water partition coefficient (Wildman–Crippen LogP) is 4.03. The molecule has 0 amide bonds. The highest BCUT2D eigenvalue weighted by molar-refractivity contribution is 5.69. The Morgan fingerprint density at radius 3 is 2.14 bits per heavy atom. The Balaban J connectivity index is 1.61. The van der Waals surface area contributed by atoms with Crippen LogP contribution in [0.3, 0.4) is 0 Å². The van der Waals surface area contributed by atoms with Gasteiger partial charge in [0.25, 0.3) is 0 Å². The number of esters is 1. The molecule has 0 aliphatic carbocycles. The van der Waals surface area contributed by atoms with E-state index in [1.165, 1.54) is 12.7 Å². The highest BCUT2D eigenvalue weighted by Gasteiger charge is 2.22. The minimum absolute atomic E-state index is 0.176. The van der Waals surface area contributed by atoms with Gasteiger partial charge in [0, 0.05) is 32.3 Å². The fraction of sp³-hybridized carbons (Fsp3) is 0.435. The number of benzene rings is 2. The van der Waals surface area contributed by atoms with E-state index in [4.69, 9.17) is 18.9 Å². The molecule has 1 aliphatic heterocycles. The number of rotatable bonds is 9. The average molecular weight is 399 g/mol. The van der Waals surface area contributed by atoms with Crippen molar-refractivity contribution < 1.29 is 23.7 Å². The molecule has 0 aromatic heterocycles. The van der Waals surface area contributed by atoms with E-state index < -0.39 is 0 Å². The van der Waals surface area contributed by atoms with Crippen molar-refractivity contribution in [1.29, 1.82) is 0 Å². The monoisotopic (exact) mass is 399 g/mol. The first-order chi connectivity index (χ1) is 14.2. The van der Waals surface area contributed by atoms with Gasteiger partial charge in [-0.25, -0.2) is 0 Å². The lowest BCUT2D eigenvalue weighted by Crippen LogP contribution is -2.40. The van der Waals surface area contributed by atoms with Gasteiger partial charge in [-0.1, -0.05) is 12.1 Å². The van der Waals surface area contributed by atoms with E-state index in [9.17, 15) is 4.79 Å². The van der Waals surface area contributed by atoms with E-state index in [2.05, 4.69) is 17.0 Å². The molecule has 29 heavy (non-hydrogen) atoms. The summed E-state index contributed by atoms with van der Waals surface area (Å²) < 4.78 is 21.4. The summed E-state index contributed by atoms with van der Waals surface area (Å²) in [7, 11) is 3.08. The molecule has 0 spiro atoms. The molecule has 1 heterocycles. The molecule has 6 heteroatoms. The van der Waals surface area contributed by atoms with E-state index >= 15 is 0 Å². The van der Waals surface area contributed by atoms with Crippen LogP contribution < -0.4 is 9.47 Å². The summed E-state index contributed by atoms with van der Waals surface area (Å²) in [5, 5.41) is 0. The number of nitrogens with zero attached hydrogens (tertiary/aromatic N) is 1. The van der Waals surface area contributed by atoms with Gasteiger partial charge in [-0.3, -0.25) is 9.69 Å². The van der Waals surface area contributed by atoms with E-state index in [0.29, 0.717) is 19.0 Å². The second-order valence-electron chi connectivity index (χ2n) is 7.06. The molecule has 2 aromatic rings. The van der Waals surface area contributed by atoms with E-state index in [0.717, 1.165) is 49.8 Å². The highest BCUT2D eigenvalue weighted by Crippen LogP contribution is 2.25. The van der Waals surface area contributed by atoms with E-state index in [-0.39, 0.29) is 5.97 Å². The standard InChI is InChI=1S/C23H29NO5/c1-26-20-7-9-22(10-8-20)29-21-5-3-18(4-6-21)17-24(14-11-23(25)27-2)19-12-15-28-16-13-19/h3-10,19H,11-17H2,1-2H3. The first kappa shape index (κ1) is 21.1. The van der Waals surface area contributed by atoms with Crippen LogP contribution in [0.1, 0.15) is 24.8 Å². The SMILES string of the molecule is COC(=O)CCN(Cc1ccc(Oc2ccc(OC)cc2)cc1)C1CCOCC1. The summed E-state index contributed by atoms with van der Waals surface area (Å²) in [6.45, 7) is 3.01. The van der Waals surface area contributed by atoms with Crippen molar-refractivity contribution in [2.75, 3.05) is 34.0 Å². The quantitative estimate of drug-likeness (QED) is 0.594. The second-order valence-corrected chi connectivity index (χ2v) is 7.06. The average Bonchev–Trinajstić information content (AvgIpc) is 2.78. The molecule has 0 atom stereocenters. The van der Waals surface area contributed by atoms with Crippen LogP contribution in [0.5, 0.6) is 17.2 Å². The van der Waals surface area contributed by atoms with Gasteiger partial charge < -0.3 is 18.9 Å². The lowest BCUT2D eigenvalue weighted by Gasteiger charge is -2.34. The number of methoxy groups -OCH3 is 2. The third-order valence-corrected chi connectivity index (χ3v) is 5.14. The largest absolute Gasteiger partial charge is 0.497 e. The number of hydrogen-bond acceptors (Lipinski definition) is 6. The van der Waals surface area contributed by atoms with Crippen molar-refractivity contribution in [3.8, 4) is 17.2 Å². The normalized spacial score (nSPS) is 14.6. The van der Waals surface area contributed by atoms with Crippen LogP contribution in [0.2, 0.25) is 0 Å². The number of ether oxygens (including phenoxy) is 4. The Hall–Kier alpha value is -2.57. The van der Waals surface area contributed by atoms with Gasteiger partial charge in [0.2, 0.25) is 0 Å². The molecule has 0 saturated carbocycles. The second kappa shape index (κ2) is 10.8. The molecular weight excluding hydrogens is 370 g/mol. The zero-order valence-corrected chi connectivity index (χ0v) is 17.1. The fourth-order valence-corrected chi connectivity index (χ4v) is 3.46. The Morgan fingerprint density at radius 2 is 1.55 bits per heavy atom. The first-order valence-corrected chi connectivity index (χ1v) is 9.97. The van der Waals surface area contributed by atoms with Gasteiger partial charge in [0.1, 0.15) is 17.2 Å². The zero-order chi connectivity index (χ0) is 20.5. The van der Waals surface area contributed by atoms with Gasteiger partial charge in [0.05, 0.1) is 20.6 Å². The molecule has 1 fully saturated rings. The van der Waals surface area contributed by atoms with Crippen LogP contribution in [0.4, 0.5) is 0 Å². The topological polar surface area (TPSA) is 57.2 Å². The Morgan fingerprint density at radius 1 is 0.966 bits per heavy atom. The minimum Gasteiger partial charge on any atom is -0.497 e. The molecule has 1 aliphatic rings. The smallest absolute Gasteiger partial charge is 0.306 e. The minimum atomic E-state index is -0.176. The van der Waals surface area contributed by atoms with E-state index in [1.54, 1.807) is 7.11 Å². The molecule has 2 aromatic carbocycles. The maximum Gasteiger partial charge on any atom is 0.306 e. The van der Waals surface area contributed by atoms with Gasteiger partial charge in [-0.2, -0.15) is 0 Å². The molecular formula is C23H29NO5. The van der Waals surface area contributed by atoms with Crippen molar-refractivity contribution >= 4 is 5.97 Å². The van der Waals surface area contributed by atoms with Gasteiger partial charge in [-0.05, 0) is 54.8 Å². The molecule has 156 valence electrons. The third-order valence-electron chi connectivity index (χ3n) is 5.14. The van der Waals surface area contributed by atoms with Gasteiger partial charge in [0.15, 0.2) is 0 Å². The molecule has 0 radical (unpaired) electrons. The summed E-state index contributed by atoms with van der Waals surface area (Å²) in [6.07, 6.45) is 2.37. The number of hydrogen-bond donors (Lipinski definition) is 0. The van der Waals surface area contributed by atoms with Crippen LogP contribution in [-0.2, 0) is 20.8 Å². The molecule has 3 rings (SSSR count). The summed E-state index contributed by atoms with van der Waals surface area (Å²) in [4.78, 5) is 14.0. The van der Waals surface area contributed by atoms with E-state index in [1.807, 2.05) is 36.4 Å². The van der Waals surface area contributed by atoms with Crippen molar-refractivity contribution in [2.45, 2.75) is 31.8 Å². The summed E-state index contributed by atoms with van der Waals surface area (Å²) in [5.41, 5.74) is 1.18. The van der Waals surface area contributed by atoms with Gasteiger partial charge in [-0.15, -0.1) is 0 Å². The molecule has 0 unspecified atom stereocenters. The first-order valence-electron chi connectivity index (χ1n) is 9.97. The lowest BCUT2D eigenvalue weighted by atomic mass is 10.1. The maximum atomic E-state index is 11.6. The fourth-order valence-electron chi connectivity index (χ4n) is 3.46. The van der Waals surface area contributed by atoms with Crippen LogP contribution in [0.25, 0.3) is 0 Å². The summed E-state index contributed by atoms with van der Waals surface area (Å²) >= 11 is 0.